The summed E-state index contributed by atoms with van der Waals surface area (Å²) in [7, 11) is 0. The summed E-state index contributed by atoms with van der Waals surface area (Å²) in [6, 6.07) is 4.38. The average molecular weight is 310 g/mol. The molecule has 0 radical (unpaired) electrons. The third-order valence-corrected chi connectivity index (χ3v) is 2.71. The smallest absolute Gasteiger partial charge is 0.416 e. The predicted octanol–water partition coefficient (Wildman–Crippen LogP) is 4.66. The molecule has 0 atom stereocenters. The quantitative estimate of drug-likeness (QED) is 0.613. The van der Waals surface area contributed by atoms with E-state index in [1.54, 1.807) is 0 Å². The minimum Gasteiger partial charge on any atom is -0.449 e. The topological polar surface area (TPSA) is 38.3 Å². The molecule has 0 heterocycles. The highest BCUT2D eigenvalue weighted by atomic mass is 35.5. The SMILES string of the molecule is O=C(Nc1cccc(C(F)(F)F)c1)OCCCCCCl. The summed E-state index contributed by atoms with van der Waals surface area (Å²) in [6.07, 6.45) is -2.87. The highest BCUT2D eigenvalue weighted by molar-refractivity contribution is 6.17. The minimum atomic E-state index is -4.44. The molecule has 0 saturated heterocycles. The number of unbranched alkanes of at least 4 members (excludes halogenated alkanes) is 2. The number of nitrogens with one attached hydrogen (secondary N) is 1. The number of benzene rings is 1. The monoisotopic (exact) mass is 309 g/mol. The second kappa shape index (κ2) is 7.99. The lowest BCUT2D eigenvalue weighted by molar-refractivity contribution is -0.137. The van der Waals surface area contributed by atoms with Gasteiger partial charge in [0.25, 0.3) is 0 Å². The number of carbonyl (C=O) groups excluding carboxylic acids is 1. The van der Waals surface area contributed by atoms with E-state index in [9.17, 15) is 18.0 Å². The van der Waals surface area contributed by atoms with E-state index >= 15 is 0 Å². The Morgan fingerprint density at radius 3 is 2.65 bits per heavy atom. The first kappa shape index (κ1) is 16.6. The van der Waals surface area contributed by atoms with Crippen molar-refractivity contribution in [3.05, 3.63) is 29.8 Å². The van der Waals surface area contributed by atoms with Gasteiger partial charge in [-0.25, -0.2) is 4.79 Å². The molecule has 7 heteroatoms. The Morgan fingerprint density at radius 2 is 2.00 bits per heavy atom. The van der Waals surface area contributed by atoms with Crippen LogP contribution in [-0.4, -0.2) is 18.6 Å². The first-order valence-electron chi connectivity index (χ1n) is 6.10. The summed E-state index contributed by atoms with van der Waals surface area (Å²) >= 11 is 5.49. The number of carbonyl (C=O) groups is 1. The minimum absolute atomic E-state index is 0.0468. The maximum atomic E-state index is 12.5. The number of halogens is 4. The van der Waals surface area contributed by atoms with Crippen LogP contribution in [0.15, 0.2) is 24.3 Å². The van der Waals surface area contributed by atoms with Crippen LogP contribution >= 0.6 is 11.6 Å². The highest BCUT2D eigenvalue weighted by Crippen LogP contribution is 2.30. The molecule has 1 N–H and O–H groups in total. The summed E-state index contributed by atoms with van der Waals surface area (Å²) < 4.78 is 42.3. The van der Waals surface area contributed by atoms with Gasteiger partial charge in [-0.1, -0.05) is 6.07 Å². The standard InChI is InChI=1S/C13H15ClF3NO2/c14-7-2-1-3-8-20-12(19)18-11-6-4-5-10(9-11)13(15,16)17/h4-6,9H,1-3,7-8H2,(H,18,19). The second-order valence-corrected chi connectivity index (χ2v) is 4.47. The van der Waals surface area contributed by atoms with Crippen LogP contribution in [0.3, 0.4) is 0 Å². The van der Waals surface area contributed by atoms with Gasteiger partial charge < -0.3 is 4.74 Å². The molecule has 0 aliphatic carbocycles. The van der Waals surface area contributed by atoms with Gasteiger partial charge in [-0.05, 0) is 37.5 Å². The lowest BCUT2D eigenvalue weighted by atomic mass is 10.2. The molecule has 0 saturated carbocycles. The molecule has 1 rings (SSSR count). The number of ether oxygens (including phenoxy) is 1. The third-order valence-electron chi connectivity index (χ3n) is 2.45. The third kappa shape index (κ3) is 6.14. The molecule has 0 aliphatic rings. The van der Waals surface area contributed by atoms with Gasteiger partial charge in [-0.3, -0.25) is 5.32 Å². The van der Waals surface area contributed by atoms with Crippen LogP contribution in [0.25, 0.3) is 0 Å². The van der Waals surface area contributed by atoms with Gasteiger partial charge in [0, 0.05) is 11.6 Å². The van der Waals surface area contributed by atoms with Crippen LogP contribution in [0, 0.1) is 0 Å². The van der Waals surface area contributed by atoms with Crippen molar-refractivity contribution < 1.29 is 22.7 Å². The molecule has 1 aromatic carbocycles. The van der Waals surface area contributed by atoms with Crippen molar-refractivity contribution in [1.82, 2.24) is 0 Å². The molecule has 1 aromatic rings. The fraction of sp³-hybridized carbons (Fsp3) is 0.462. The fourth-order valence-electron chi connectivity index (χ4n) is 1.47. The molecule has 0 unspecified atom stereocenters. The molecule has 0 bridgehead atoms. The number of alkyl halides is 4. The summed E-state index contributed by atoms with van der Waals surface area (Å²) in [5.74, 6) is 0.552. The Kier molecular flexibility index (Phi) is 6.64. The van der Waals surface area contributed by atoms with Crippen LogP contribution in [0.1, 0.15) is 24.8 Å². The van der Waals surface area contributed by atoms with E-state index in [1.165, 1.54) is 12.1 Å². The number of amides is 1. The van der Waals surface area contributed by atoms with Gasteiger partial charge in [-0.2, -0.15) is 13.2 Å². The molecule has 0 aliphatic heterocycles. The second-order valence-electron chi connectivity index (χ2n) is 4.09. The molecular weight excluding hydrogens is 295 g/mol. The van der Waals surface area contributed by atoms with E-state index in [4.69, 9.17) is 16.3 Å². The van der Waals surface area contributed by atoms with Crippen molar-refractivity contribution in [3.63, 3.8) is 0 Å². The van der Waals surface area contributed by atoms with E-state index in [-0.39, 0.29) is 12.3 Å². The van der Waals surface area contributed by atoms with Crippen molar-refractivity contribution in [1.29, 1.82) is 0 Å². The Hall–Kier alpha value is -1.43. The van der Waals surface area contributed by atoms with Crippen molar-refractivity contribution in [2.75, 3.05) is 17.8 Å². The molecule has 112 valence electrons. The summed E-state index contributed by atoms with van der Waals surface area (Å²) in [6.45, 7) is 0.210. The molecule has 0 aromatic heterocycles. The number of anilines is 1. The van der Waals surface area contributed by atoms with Crippen molar-refractivity contribution in [2.24, 2.45) is 0 Å². The molecule has 20 heavy (non-hydrogen) atoms. The number of hydrogen-bond acceptors (Lipinski definition) is 2. The van der Waals surface area contributed by atoms with E-state index < -0.39 is 17.8 Å². The predicted molar refractivity (Wildman–Crippen MR) is 71.0 cm³/mol. The average Bonchev–Trinajstić information content (AvgIpc) is 2.38. The Bertz CT molecular complexity index is 438. The maximum absolute atomic E-state index is 12.5. The molecule has 0 spiro atoms. The summed E-state index contributed by atoms with van der Waals surface area (Å²) in [5.41, 5.74) is -0.775. The van der Waals surface area contributed by atoms with E-state index in [1.807, 2.05) is 0 Å². The van der Waals surface area contributed by atoms with Crippen LogP contribution in [0.5, 0.6) is 0 Å². The number of hydrogen-bond donors (Lipinski definition) is 1. The van der Waals surface area contributed by atoms with Gasteiger partial charge in [-0.15, -0.1) is 11.6 Å². The van der Waals surface area contributed by atoms with Gasteiger partial charge in [0.15, 0.2) is 0 Å². The molecule has 0 fully saturated rings. The van der Waals surface area contributed by atoms with Crippen LogP contribution in [0.4, 0.5) is 23.7 Å². The lowest BCUT2D eigenvalue weighted by Crippen LogP contribution is -2.15. The van der Waals surface area contributed by atoms with Crippen LogP contribution in [-0.2, 0) is 10.9 Å². The number of rotatable bonds is 6. The zero-order chi connectivity index (χ0) is 15.0. The van der Waals surface area contributed by atoms with Crippen LogP contribution < -0.4 is 5.32 Å². The fourth-order valence-corrected chi connectivity index (χ4v) is 1.65. The van der Waals surface area contributed by atoms with Crippen molar-refractivity contribution in [2.45, 2.75) is 25.4 Å². The maximum Gasteiger partial charge on any atom is 0.416 e. The van der Waals surface area contributed by atoms with Gasteiger partial charge in [0.2, 0.25) is 0 Å². The first-order chi connectivity index (χ1) is 9.43. The van der Waals surface area contributed by atoms with Gasteiger partial charge in [0.1, 0.15) is 0 Å². The van der Waals surface area contributed by atoms with Gasteiger partial charge >= 0.3 is 12.3 Å². The Balaban J connectivity index is 2.42. The van der Waals surface area contributed by atoms with Crippen molar-refractivity contribution in [3.8, 4) is 0 Å². The van der Waals surface area contributed by atoms with Gasteiger partial charge in [0.05, 0.1) is 12.2 Å². The molecule has 1 amide bonds. The Morgan fingerprint density at radius 1 is 1.25 bits per heavy atom. The van der Waals surface area contributed by atoms with E-state index in [0.29, 0.717) is 12.3 Å². The largest absolute Gasteiger partial charge is 0.449 e. The van der Waals surface area contributed by atoms with Crippen LogP contribution in [0.2, 0.25) is 0 Å². The van der Waals surface area contributed by atoms with Crippen molar-refractivity contribution >= 4 is 23.4 Å². The zero-order valence-electron chi connectivity index (χ0n) is 10.7. The zero-order valence-corrected chi connectivity index (χ0v) is 11.4. The lowest BCUT2D eigenvalue weighted by Gasteiger charge is -2.10. The summed E-state index contributed by atoms with van der Waals surface area (Å²) in [4.78, 5) is 11.4. The normalized spacial score (nSPS) is 11.2. The molecule has 3 nitrogen and oxygen atoms in total. The highest BCUT2D eigenvalue weighted by Gasteiger charge is 2.30. The molecular formula is C13H15ClF3NO2. The van der Waals surface area contributed by atoms with E-state index in [0.717, 1.165) is 25.0 Å². The Labute approximate surface area is 120 Å². The van der Waals surface area contributed by atoms with E-state index in [2.05, 4.69) is 5.32 Å². The first-order valence-corrected chi connectivity index (χ1v) is 6.64. The summed E-state index contributed by atoms with van der Waals surface area (Å²) in [5, 5.41) is 2.26.